The normalized spacial score (nSPS) is 15.2. The number of methoxy groups -OCH3 is 2. The summed E-state index contributed by atoms with van der Waals surface area (Å²) in [4.78, 5) is 13.7. The fraction of sp³-hybridized carbons (Fsp3) is 0.353. The Labute approximate surface area is 134 Å². The van der Waals surface area contributed by atoms with E-state index in [4.69, 9.17) is 9.47 Å². The van der Waals surface area contributed by atoms with E-state index >= 15 is 0 Å². The summed E-state index contributed by atoms with van der Waals surface area (Å²) in [7, 11) is 3.22. The molecule has 1 amide bonds. The first-order valence-electron chi connectivity index (χ1n) is 7.23. The van der Waals surface area contributed by atoms with E-state index in [9.17, 15) is 4.79 Å². The van der Waals surface area contributed by atoms with Crippen LogP contribution in [0.2, 0.25) is 0 Å². The molecule has 4 nitrogen and oxygen atoms in total. The molecule has 0 unspecified atom stereocenters. The molecule has 1 N–H and O–H groups in total. The molecule has 1 aliphatic carbocycles. The summed E-state index contributed by atoms with van der Waals surface area (Å²) in [6.07, 6.45) is 1.87. The Morgan fingerprint density at radius 1 is 1.23 bits per heavy atom. The molecule has 1 aromatic heterocycles. The van der Waals surface area contributed by atoms with Crippen molar-refractivity contribution in [2.75, 3.05) is 14.2 Å². The number of rotatable bonds is 6. The maximum absolute atomic E-state index is 12.5. The highest BCUT2D eigenvalue weighted by atomic mass is 32.1. The highest BCUT2D eigenvalue weighted by Gasteiger charge is 2.51. The van der Waals surface area contributed by atoms with Crippen molar-refractivity contribution in [3.05, 3.63) is 46.2 Å². The van der Waals surface area contributed by atoms with Crippen LogP contribution < -0.4 is 14.8 Å². The van der Waals surface area contributed by atoms with Gasteiger partial charge in [0.25, 0.3) is 0 Å². The third kappa shape index (κ3) is 2.68. The van der Waals surface area contributed by atoms with Gasteiger partial charge in [0.15, 0.2) is 11.5 Å². The van der Waals surface area contributed by atoms with Crippen molar-refractivity contribution in [2.45, 2.75) is 24.8 Å². The number of hydrogen-bond acceptors (Lipinski definition) is 4. The van der Waals surface area contributed by atoms with Gasteiger partial charge in [-0.15, -0.1) is 11.3 Å². The van der Waals surface area contributed by atoms with Gasteiger partial charge < -0.3 is 14.8 Å². The molecule has 116 valence electrons. The molecule has 1 heterocycles. The predicted molar refractivity (Wildman–Crippen MR) is 86.6 cm³/mol. The second-order valence-electron chi connectivity index (χ2n) is 5.43. The molecule has 5 heteroatoms. The minimum absolute atomic E-state index is 0.115. The average molecular weight is 317 g/mol. The van der Waals surface area contributed by atoms with Crippen LogP contribution in [0.4, 0.5) is 0 Å². The Morgan fingerprint density at radius 3 is 2.59 bits per heavy atom. The summed E-state index contributed by atoms with van der Waals surface area (Å²) in [5.74, 6) is 1.48. The van der Waals surface area contributed by atoms with Gasteiger partial charge in [-0.3, -0.25) is 4.79 Å². The third-order valence-corrected chi connectivity index (χ3v) is 5.15. The van der Waals surface area contributed by atoms with Crippen LogP contribution in [0.1, 0.15) is 23.3 Å². The highest BCUT2D eigenvalue weighted by Crippen LogP contribution is 2.50. The molecule has 0 radical (unpaired) electrons. The number of hydrogen-bond donors (Lipinski definition) is 1. The molecule has 3 rings (SSSR count). The van der Waals surface area contributed by atoms with E-state index in [1.54, 1.807) is 25.6 Å². The number of carbonyl (C=O) groups excluding carboxylic acids is 1. The molecule has 1 saturated carbocycles. The summed E-state index contributed by atoms with van der Waals surface area (Å²) in [5, 5.41) is 5.07. The molecule has 1 aromatic carbocycles. The smallest absolute Gasteiger partial charge is 0.231 e. The lowest BCUT2D eigenvalue weighted by molar-refractivity contribution is -0.123. The molecule has 1 aliphatic rings. The molecule has 22 heavy (non-hydrogen) atoms. The van der Waals surface area contributed by atoms with Crippen molar-refractivity contribution in [2.24, 2.45) is 0 Å². The topological polar surface area (TPSA) is 47.6 Å². The number of thiophene rings is 1. The van der Waals surface area contributed by atoms with E-state index in [0.29, 0.717) is 18.0 Å². The number of amides is 1. The van der Waals surface area contributed by atoms with Gasteiger partial charge in [0.1, 0.15) is 0 Å². The summed E-state index contributed by atoms with van der Waals surface area (Å²) < 4.78 is 10.5. The molecule has 0 spiro atoms. The Bertz CT molecular complexity index is 663. The monoisotopic (exact) mass is 317 g/mol. The standard InChI is InChI=1S/C17H19NO3S/c1-20-13-6-5-12(10-14(13)21-2)11-18-16(19)17(7-8-17)15-4-3-9-22-15/h3-6,9-10H,7-8,11H2,1-2H3,(H,18,19). The highest BCUT2D eigenvalue weighted by molar-refractivity contribution is 7.10. The van der Waals surface area contributed by atoms with Gasteiger partial charge in [-0.2, -0.15) is 0 Å². The van der Waals surface area contributed by atoms with Crippen molar-refractivity contribution in [1.29, 1.82) is 0 Å². The van der Waals surface area contributed by atoms with Gasteiger partial charge in [0.05, 0.1) is 19.6 Å². The van der Waals surface area contributed by atoms with Crippen molar-refractivity contribution < 1.29 is 14.3 Å². The van der Waals surface area contributed by atoms with Crippen molar-refractivity contribution in [3.8, 4) is 11.5 Å². The molecule has 0 aliphatic heterocycles. The van der Waals surface area contributed by atoms with Gasteiger partial charge in [-0.25, -0.2) is 0 Å². The lowest BCUT2D eigenvalue weighted by Gasteiger charge is -2.14. The summed E-state index contributed by atoms with van der Waals surface area (Å²) in [5.41, 5.74) is 0.707. The van der Waals surface area contributed by atoms with Crippen LogP contribution in [0.25, 0.3) is 0 Å². The molecule has 0 saturated heterocycles. The van der Waals surface area contributed by atoms with Crippen LogP contribution in [0, 0.1) is 0 Å². The average Bonchev–Trinajstić information content (AvgIpc) is 3.18. The van der Waals surface area contributed by atoms with Gasteiger partial charge in [-0.05, 0) is 42.0 Å². The molecule has 0 atom stereocenters. The SMILES string of the molecule is COc1ccc(CNC(=O)C2(c3cccs3)CC2)cc1OC. The van der Waals surface area contributed by atoms with Crippen LogP contribution in [-0.4, -0.2) is 20.1 Å². The Hall–Kier alpha value is -2.01. The number of benzene rings is 1. The zero-order valence-electron chi connectivity index (χ0n) is 12.7. The van der Waals surface area contributed by atoms with Gasteiger partial charge in [0, 0.05) is 11.4 Å². The fourth-order valence-electron chi connectivity index (χ4n) is 2.60. The van der Waals surface area contributed by atoms with E-state index in [0.717, 1.165) is 23.3 Å². The van der Waals surface area contributed by atoms with E-state index in [1.807, 2.05) is 35.7 Å². The zero-order valence-corrected chi connectivity index (χ0v) is 13.5. The zero-order chi connectivity index (χ0) is 15.6. The van der Waals surface area contributed by atoms with E-state index in [-0.39, 0.29) is 11.3 Å². The minimum atomic E-state index is -0.287. The Balaban J connectivity index is 1.67. The number of ether oxygens (including phenoxy) is 2. The molecule has 0 bridgehead atoms. The maximum Gasteiger partial charge on any atom is 0.231 e. The first-order chi connectivity index (χ1) is 10.7. The molecular weight excluding hydrogens is 298 g/mol. The van der Waals surface area contributed by atoms with Crippen molar-refractivity contribution >= 4 is 17.2 Å². The Morgan fingerprint density at radius 2 is 2.00 bits per heavy atom. The van der Waals surface area contributed by atoms with Crippen LogP contribution in [-0.2, 0) is 16.8 Å². The molecular formula is C17H19NO3S. The van der Waals surface area contributed by atoms with E-state index in [1.165, 1.54) is 0 Å². The first kappa shape index (κ1) is 14.9. The summed E-state index contributed by atoms with van der Waals surface area (Å²) in [6, 6.07) is 9.73. The number of nitrogens with one attached hydrogen (secondary N) is 1. The van der Waals surface area contributed by atoms with Crippen molar-refractivity contribution in [3.63, 3.8) is 0 Å². The third-order valence-electron chi connectivity index (χ3n) is 4.08. The first-order valence-corrected chi connectivity index (χ1v) is 8.11. The predicted octanol–water partition coefficient (Wildman–Crippen LogP) is 3.11. The van der Waals surface area contributed by atoms with Crippen LogP contribution in [0.15, 0.2) is 35.7 Å². The largest absolute Gasteiger partial charge is 0.493 e. The summed E-state index contributed by atoms with van der Waals surface area (Å²) >= 11 is 1.66. The van der Waals surface area contributed by atoms with E-state index < -0.39 is 0 Å². The van der Waals surface area contributed by atoms with Crippen LogP contribution in [0.3, 0.4) is 0 Å². The lowest BCUT2D eigenvalue weighted by Crippen LogP contribution is -2.33. The number of carbonyl (C=O) groups is 1. The maximum atomic E-state index is 12.5. The van der Waals surface area contributed by atoms with Crippen LogP contribution >= 0.6 is 11.3 Å². The van der Waals surface area contributed by atoms with Gasteiger partial charge >= 0.3 is 0 Å². The minimum Gasteiger partial charge on any atom is -0.493 e. The van der Waals surface area contributed by atoms with Gasteiger partial charge in [-0.1, -0.05) is 12.1 Å². The van der Waals surface area contributed by atoms with E-state index in [2.05, 4.69) is 5.32 Å². The molecule has 1 fully saturated rings. The second kappa shape index (κ2) is 6.01. The molecule has 2 aromatic rings. The quantitative estimate of drug-likeness (QED) is 0.890. The van der Waals surface area contributed by atoms with Crippen molar-refractivity contribution in [1.82, 2.24) is 5.32 Å². The van der Waals surface area contributed by atoms with Crippen LogP contribution in [0.5, 0.6) is 11.5 Å². The Kier molecular flexibility index (Phi) is 4.07. The second-order valence-corrected chi connectivity index (χ2v) is 6.38. The lowest BCUT2D eigenvalue weighted by atomic mass is 10.0. The summed E-state index contributed by atoms with van der Waals surface area (Å²) in [6.45, 7) is 0.492. The van der Waals surface area contributed by atoms with Gasteiger partial charge in [0.2, 0.25) is 5.91 Å². The fourth-order valence-corrected chi connectivity index (χ4v) is 3.59.